The largest absolute Gasteiger partial charge is 0.481 e. The first-order chi connectivity index (χ1) is 7.72. The molecule has 0 heterocycles. The molecule has 4 nitrogen and oxygen atoms in total. The van der Waals surface area contributed by atoms with Gasteiger partial charge in [-0.2, -0.15) is 13.2 Å². The molecule has 0 bridgehead atoms. The van der Waals surface area contributed by atoms with E-state index < -0.39 is 18.6 Å². The number of hydrogen-bond donors (Lipinski definition) is 1. The van der Waals surface area contributed by atoms with E-state index in [2.05, 4.69) is 0 Å². The minimum Gasteiger partial charge on any atom is -0.481 e. The first-order valence-electron chi connectivity index (χ1n) is 5.25. The number of carbonyl (C=O) groups is 2. The third kappa shape index (κ3) is 9.65. The summed E-state index contributed by atoms with van der Waals surface area (Å²) in [6.07, 6.45) is -4.50. The highest BCUT2D eigenvalue weighted by Gasteiger charge is 2.27. The summed E-state index contributed by atoms with van der Waals surface area (Å²) in [5, 5.41) is 8.34. The molecule has 7 heteroatoms. The minimum atomic E-state index is -4.27. The summed E-state index contributed by atoms with van der Waals surface area (Å²) < 4.78 is 35.6. The van der Waals surface area contributed by atoms with Crippen molar-refractivity contribution in [2.45, 2.75) is 38.3 Å². The van der Waals surface area contributed by atoms with E-state index in [0.29, 0.717) is 12.8 Å². The van der Waals surface area contributed by atoms with Crippen molar-refractivity contribution in [3.05, 3.63) is 0 Å². The molecule has 0 radical (unpaired) electrons. The van der Waals surface area contributed by atoms with E-state index in [1.54, 1.807) is 0 Å². The van der Waals surface area contributed by atoms with Crippen LogP contribution in [0, 0.1) is 0 Å². The quantitative estimate of drug-likeness (QED) is 0.708. The first kappa shape index (κ1) is 15.7. The molecule has 17 heavy (non-hydrogen) atoms. The van der Waals surface area contributed by atoms with Crippen molar-refractivity contribution in [3.63, 3.8) is 0 Å². The van der Waals surface area contributed by atoms with E-state index in [1.165, 1.54) is 7.05 Å². The molecule has 100 valence electrons. The second-order valence-electron chi connectivity index (χ2n) is 3.78. The van der Waals surface area contributed by atoms with Crippen LogP contribution in [0.3, 0.4) is 0 Å². The zero-order chi connectivity index (χ0) is 13.5. The van der Waals surface area contributed by atoms with Crippen molar-refractivity contribution in [2.75, 3.05) is 13.6 Å². The Bertz CT molecular complexity index is 266. The summed E-state index contributed by atoms with van der Waals surface area (Å²) in [7, 11) is 1.31. The van der Waals surface area contributed by atoms with Crippen molar-refractivity contribution in [1.29, 1.82) is 0 Å². The number of nitrogens with zero attached hydrogens (tertiary/aromatic N) is 1. The number of alkyl halides is 3. The van der Waals surface area contributed by atoms with E-state index in [1.807, 2.05) is 0 Å². The van der Waals surface area contributed by atoms with Crippen LogP contribution in [0.15, 0.2) is 0 Å². The second kappa shape index (κ2) is 7.13. The molecule has 0 aliphatic carbocycles. The van der Waals surface area contributed by atoms with Crippen LogP contribution in [0.25, 0.3) is 0 Å². The molecule has 0 aromatic heterocycles. The lowest BCUT2D eigenvalue weighted by Gasteiger charge is -2.17. The lowest BCUT2D eigenvalue weighted by atomic mass is 10.2. The number of unbranched alkanes of at least 4 members (excludes halogenated alkanes) is 1. The molecule has 0 aliphatic heterocycles. The van der Waals surface area contributed by atoms with Crippen LogP contribution < -0.4 is 0 Å². The topological polar surface area (TPSA) is 57.6 Å². The van der Waals surface area contributed by atoms with Crippen LogP contribution >= 0.6 is 0 Å². The van der Waals surface area contributed by atoms with Crippen LogP contribution in [0.4, 0.5) is 13.2 Å². The fourth-order valence-electron chi connectivity index (χ4n) is 1.16. The monoisotopic (exact) mass is 255 g/mol. The van der Waals surface area contributed by atoms with Gasteiger partial charge in [0.05, 0.1) is 6.42 Å². The van der Waals surface area contributed by atoms with Crippen LogP contribution in [0.5, 0.6) is 0 Å². The summed E-state index contributed by atoms with van der Waals surface area (Å²) in [4.78, 5) is 22.5. The van der Waals surface area contributed by atoms with Gasteiger partial charge in [-0.1, -0.05) is 0 Å². The molecule has 0 rings (SSSR count). The SMILES string of the molecule is CN(CCC(F)(F)F)C(=O)CCCCC(=O)O. The van der Waals surface area contributed by atoms with Gasteiger partial charge >= 0.3 is 12.1 Å². The maximum absolute atomic E-state index is 11.9. The normalized spacial score (nSPS) is 11.3. The highest BCUT2D eigenvalue weighted by atomic mass is 19.4. The Morgan fingerprint density at radius 1 is 1.18 bits per heavy atom. The van der Waals surface area contributed by atoms with Crippen molar-refractivity contribution < 1.29 is 27.9 Å². The van der Waals surface area contributed by atoms with Crippen LogP contribution in [0.2, 0.25) is 0 Å². The summed E-state index contributed by atoms with van der Waals surface area (Å²) in [6.45, 7) is -0.360. The molecule has 0 spiro atoms. The smallest absolute Gasteiger partial charge is 0.390 e. The molecule has 0 fully saturated rings. The molecule has 0 unspecified atom stereocenters. The van der Waals surface area contributed by atoms with Crippen molar-refractivity contribution in [3.8, 4) is 0 Å². The molecule has 0 aromatic rings. The predicted octanol–water partition coefficient (Wildman–Crippen LogP) is 2.04. The highest BCUT2D eigenvalue weighted by molar-refractivity contribution is 5.75. The van der Waals surface area contributed by atoms with Gasteiger partial charge in [-0.25, -0.2) is 0 Å². The highest BCUT2D eigenvalue weighted by Crippen LogP contribution is 2.19. The summed E-state index contributed by atoms with van der Waals surface area (Å²) >= 11 is 0. The van der Waals surface area contributed by atoms with Gasteiger partial charge in [0, 0.05) is 26.4 Å². The van der Waals surface area contributed by atoms with E-state index in [-0.39, 0.29) is 25.3 Å². The molecule has 0 saturated carbocycles. The number of carbonyl (C=O) groups excluding carboxylic acids is 1. The van der Waals surface area contributed by atoms with Gasteiger partial charge in [0.2, 0.25) is 5.91 Å². The number of carboxylic acids is 1. The third-order valence-electron chi connectivity index (χ3n) is 2.19. The average Bonchev–Trinajstić information content (AvgIpc) is 2.19. The molecule has 1 amide bonds. The molecule has 1 N–H and O–H groups in total. The zero-order valence-electron chi connectivity index (χ0n) is 9.59. The first-order valence-corrected chi connectivity index (χ1v) is 5.25. The summed E-state index contributed by atoms with van der Waals surface area (Å²) in [6, 6.07) is 0. The Balaban J connectivity index is 3.71. The number of rotatable bonds is 7. The maximum atomic E-state index is 11.9. The predicted molar refractivity (Wildman–Crippen MR) is 54.4 cm³/mol. The Hall–Kier alpha value is -1.27. The Kier molecular flexibility index (Phi) is 6.60. The van der Waals surface area contributed by atoms with E-state index in [0.717, 1.165) is 4.90 Å². The van der Waals surface area contributed by atoms with Crippen molar-refractivity contribution in [1.82, 2.24) is 4.90 Å². The Morgan fingerprint density at radius 3 is 2.18 bits per heavy atom. The van der Waals surface area contributed by atoms with Gasteiger partial charge in [0.1, 0.15) is 0 Å². The van der Waals surface area contributed by atoms with E-state index >= 15 is 0 Å². The second-order valence-corrected chi connectivity index (χ2v) is 3.78. The molecule has 0 atom stereocenters. The van der Waals surface area contributed by atoms with Gasteiger partial charge in [0.25, 0.3) is 0 Å². The van der Waals surface area contributed by atoms with E-state index in [9.17, 15) is 22.8 Å². The van der Waals surface area contributed by atoms with Crippen molar-refractivity contribution >= 4 is 11.9 Å². The minimum absolute atomic E-state index is 0.0282. The Labute approximate surface area is 97.4 Å². The standard InChI is InChI=1S/C10H16F3NO3/c1-14(7-6-10(11,12)13)8(15)4-2-3-5-9(16)17/h2-7H2,1H3,(H,16,17). The van der Waals surface area contributed by atoms with Crippen molar-refractivity contribution in [2.24, 2.45) is 0 Å². The summed E-state index contributed by atoms with van der Waals surface area (Å²) in [5.41, 5.74) is 0. The molecular formula is C10H16F3NO3. The number of hydrogen-bond acceptors (Lipinski definition) is 2. The fourth-order valence-corrected chi connectivity index (χ4v) is 1.16. The lowest BCUT2D eigenvalue weighted by Crippen LogP contribution is -2.30. The number of halogens is 3. The fraction of sp³-hybridized carbons (Fsp3) is 0.800. The van der Waals surface area contributed by atoms with Gasteiger partial charge in [-0.15, -0.1) is 0 Å². The Morgan fingerprint density at radius 2 is 1.71 bits per heavy atom. The van der Waals surface area contributed by atoms with Gasteiger partial charge in [0.15, 0.2) is 0 Å². The molecule has 0 aliphatic rings. The zero-order valence-corrected chi connectivity index (χ0v) is 9.59. The summed E-state index contributed by atoms with van der Waals surface area (Å²) in [5.74, 6) is -1.33. The molecule has 0 aromatic carbocycles. The van der Waals surface area contributed by atoms with Crippen LogP contribution in [-0.4, -0.2) is 41.7 Å². The number of carboxylic acid groups (broad SMARTS) is 1. The number of amides is 1. The average molecular weight is 255 g/mol. The third-order valence-corrected chi connectivity index (χ3v) is 2.19. The van der Waals surface area contributed by atoms with E-state index in [4.69, 9.17) is 5.11 Å². The maximum Gasteiger partial charge on any atom is 0.390 e. The lowest BCUT2D eigenvalue weighted by molar-refractivity contribution is -0.144. The van der Waals surface area contributed by atoms with Crippen LogP contribution in [0.1, 0.15) is 32.1 Å². The molecule has 0 saturated heterocycles. The number of aliphatic carboxylic acids is 1. The van der Waals surface area contributed by atoms with Gasteiger partial charge in [-0.05, 0) is 12.8 Å². The van der Waals surface area contributed by atoms with Crippen LogP contribution in [-0.2, 0) is 9.59 Å². The van der Waals surface area contributed by atoms with Gasteiger partial charge in [-0.3, -0.25) is 9.59 Å². The molecular weight excluding hydrogens is 239 g/mol. The van der Waals surface area contributed by atoms with Gasteiger partial charge < -0.3 is 10.0 Å².